The summed E-state index contributed by atoms with van der Waals surface area (Å²) in [7, 11) is 6.23. The lowest BCUT2D eigenvalue weighted by atomic mass is 9.87. The smallest absolute Gasteiger partial charge is 0.128 e. The number of likely N-dealkylation sites (tertiary alicyclic amines) is 1. The fourth-order valence-corrected chi connectivity index (χ4v) is 3.70. The van der Waals surface area contributed by atoms with E-state index in [1.54, 1.807) is 6.20 Å². The van der Waals surface area contributed by atoms with Crippen LogP contribution >= 0.6 is 11.6 Å². The summed E-state index contributed by atoms with van der Waals surface area (Å²) < 4.78 is 4.05. The van der Waals surface area contributed by atoms with Crippen molar-refractivity contribution in [1.29, 1.82) is 0 Å². The average molecular weight is 337 g/mol. The van der Waals surface area contributed by atoms with Crippen LogP contribution in [0.2, 0.25) is 5.15 Å². The van der Waals surface area contributed by atoms with E-state index in [0.717, 1.165) is 25.5 Å². The Morgan fingerprint density at radius 2 is 2.13 bits per heavy atom. The molecule has 23 heavy (non-hydrogen) atoms. The first kappa shape index (κ1) is 16.5. The molecule has 3 heterocycles. The third kappa shape index (κ3) is 3.44. The van der Waals surface area contributed by atoms with Crippen LogP contribution < -0.4 is 5.32 Å². The van der Waals surface area contributed by atoms with Crippen molar-refractivity contribution < 1.29 is 0 Å². The van der Waals surface area contributed by atoms with Crippen LogP contribution in [0, 0.1) is 5.92 Å². The quantitative estimate of drug-likeness (QED) is 0.907. The third-order valence-electron chi connectivity index (χ3n) is 4.88. The van der Waals surface area contributed by atoms with Gasteiger partial charge in [-0.25, -0.2) is 9.97 Å². The lowest BCUT2D eigenvalue weighted by molar-refractivity contribution is 0.113. The van der Waals surface area contributed by atoms with Crippen molar-refractivity contribution in [1.82, 2.24) is 29.3 Å². The maximum atomic E-state index is 6.04. The zero-order valence-corrected chi connectivity index (χ0v) is 14.8. The van der Waals surface area contributed by atoms with Crippen LogP contribution in [0.1, 0.15) is 30.4 Å². The number of piperidine rings is 1. The van der Waals surface area contributed by atoms with Gasteiger partial charge >= 0.3 is 0 Å². The van der Waals surface area contributed by atoms with Crippen molar-refractivity contribution in [2.24, 2.45) is 20.0 Å². The van der Waals surface area contributed by atoms with Crippen LogP contribution in [0.5, 0.6) is 0 Å². The monoisotopic (exact) mass is 336 g/mol. The zero-order valence-electron chi connectivity index (χ0n) is 14.0. The summed E-state index contributed by atoms with van der Waals surface area (Å²) in [6.07, 6.45) is 8.06. The highest BCUT2D eigenvalue weighted by molar-refractivity contribution is 6.29. The van der Waals surface area contributed by atoms with Gasteiger partial charge in [0, 0.05) is 26.8 Å². The summed E-state index contributed by atoms with van der Waals surface area (Å²) >= 11 is 6.04. The Bertz CT molecular complexity index is 649. The molecule has 0 aliphatic carbocycles. The van der Waals surface area contributed by atoms with Gasteiger partial charge in [0.2, 0.25) is 0 Å². The minimum atomic E-state index is 0.411. The van der Waals surface area contributed by atoms with Crippen LogP contribution in [-0.4, -0.2) is 44.1 Å². The Morgan fingerprint density at radius 3 is 2.78 bits per heavy atom. The fourth-order valence-electron chi connectivity index (χ4n) is 3.55. The third-order valence-corrected chi connectivity index (χ3v) is 5.23. The maximum Gasteiger partial charge on any atom is 0.128 e. The topological polar surface area (TPSA) is 50.9 Å². The van der Waals surface area contributed by atoms with Crippen molar-refractivity contribution in [3.05, 3.63) is 35.4 Å². The van der Waals surface area contributed by atoms with Crippen molar-refractivity contribution >= 4 is 11.6 Å². The highest BCUT2D eigenvalue weighted by atomic mass is 35.5. The molecule has 1 fully saturated rings. The molecule has 0 spiro atoms. The summed E-state index contributed by atoms with van der Waals surface area (Å²) in [5, 5.41) is 4.23. The van der Waals surface area contributed by atoms with Gasteiger partial charge in [0.15, 0.2) is 0 Å². The molecule has 0 unspecified atom stereocenters. The van der Waals surface area contributed by atoms with E-state index >= 15 is 0 Å². The number of nitrogens with one attached hydrogen (secondary N) is 1. The number of aryl methyl sites for hydroxylation is 1. The van der Waals surface area contributed by atoms with E-state index in [1.165, 1.54) is 18.5 Å². The van der Waals surface area contributed by atoms with Gasteiger partial charge in [-0.3, -0.25) is 4.90 Å². The summed E-state index contributed by atoms with van der Waals surface area (Å²) in [4.78, 5) is 11.1. The molecule has 0 saturated carbocycles. The molecule has 0 aromatic carbocycles. The fraction of sp³-hybridized carbons (Fsp3) is 0.625. The van der Waals surface area contributed by atoms with Gasteiger partial charge in [-0.15, -0.1) is 0 Å². The van der Waals surface area contributed by atoms with E-state index in [4.69, 9.17) is 11.6 Å². The number of hydrogen-bond acceptors (Lipinski definition) is 4. The first-order valence-electron chi connectivity index (χ1n) is 8.11. The maximum absolute atomic E-state index is 6.04. The first-order chi connectivity index (χ1) is 11.1. The number of hydrogen-bond donors (Lipinski definition) is 1. The number of halogens is 1. The average Bonchev–Trinajstić information content (AvgIpc) is 3.08. The summed E-state index contributed by atoms with van der Waals surface area (Å²) in [5.41, 5.74) is 1.29. The van der Waals surface area contributed by atoms with E-state index in [2.05, 4.69) is 38.8 Å². The minimum absolute atomic E-state index is 0.411. The van der Waals surface area contributed by atoms with Gasteiger partial charge in [-0.05, 0) is 32.4 Å². The van der Waals surface area contributed by atoms with Crippen LogP contribution in [0.3, 0.4) is 0 Å². The predicted molar refractivity (Wildman–Crippen MR) is 91.2 cm³/mol. The molecule has 0 bridgehead atoms. The van der Waals surface area contributed by atoms with Gasteiger partial charge in [0.05, 0.1) is 30.8 Å². The first-order valence-corrected chi connectivity index (χ1v) is 8.49. The van der Waals surface area contributed by atoms with Crippen molar-refractivity contribution in [3.63, 3.8) is 0 Å². The van der Waals surface area contributed by atoms with Crippen molar-refractivity contribution in [3.8, 4) is 0 Å². The molecule has 0 amide bonds. The molecule has 3 rings (SSSR count). The summed E-state index contributed by atoms with van der Waals surface area (Å²) in [6.45, 7) is 2.84. The van der Waals surface area contributed by atoms with Gasteiger partial charge < -0.3 is 14.5 Å². The number of aromatic nitrogens is 4. The molecular weight excluding hydrogens is 312 g/mol. The minimum Gasteiger partial charge on any atom is -0.336 e. The molecular formula is C16H25ClN6. The van der Waals surface area contributed by atoms with Crippen LogP contribution in [0.15, 0.2) is 18.7 Å². The molecule has 2 aromatic heterocycles. The Morgan fingerprint density at radius 1 is 1.30 bits per heavy atom. The zero-order chi connectivity index (χ0) is 16.4. The molecule has 7 heteroatoms. The van der Waals surface area contributed by atoms with E-state index in [-0.39, 0.29) is 0 Å². The van der Waals surface area contributed by atoms with Gasteiger partial charge in [0.25, 0.3) is 0 Å². The molecule has 1 saturated heterocycles. The summed E-state index contributed by atoms with van der Waals surface area (Å²) in [6, 6.07) is 0.411. The Labute approximate surface area is 142 Å². The normalized spacial score (nSPS) is 22.6. The molecule has 1 aliphatic rings. The molecule has 0 radical (unpaired) electrons. The second-order valence-electron chi connectivity index (χ2n) is 6.44. The van der Waals surface area contributed by atoms with E-state index in [9.17, 15) is 0 Å². The second kappa shape index (κ2) is 7.03. The van der Waals surface area contributed by atoms with E-state index in [1.807, 2.05) is 24.1 Å². The van der Waals surface area contributed by atoms with Crippen LogP contribution in [0.4, 0.5) is 0 Å². The van der Waals surface area contributed by atoms with Crippen molar-refractivity contribution in [2.75, 3.05) is 20.1 Å². The van der Waals surface area contributed by atoms with E-state index < -0.39 is 0 Å². The van der Waals surface area contributed by atoms with Gasteiger partial charge in [-0.2, -0.15) is 0 Å². The molecule has 2 atom stereocenters. The van der Waals surface area contributed by atoms with Gasteiger partial charge in [0.1, 0.15) is 11.0 Å². The lowest BCUT2D eigenvalue weighted by Crippen LogP contribution is -2.41. The van der Waals surface area contributed by atoms with E-state index in [0.29, 0.717) is 17.1 Å². The highest BCUT2D eigenvalue weighted by Crippen LogP contribution is 2.34. The molecule has 126 valence electrons. The van der Waals surface area contributed by atoms with Crippen molar-refractivity contribution in [2.45, 2.75) is 25.4 Å². The second-order valence-corrected chi connectivity index (χ2v) is 6.83. The predicted octanol–water partition coefficient (Wildman–Crippen LogP) is 1.98. The Balaban J connectivity index is 1.65. The lowest BCUT2D eigenvalue weighted by Gasteiger charge is -2.39. The standard InChI is InChI=1S/C16H25ClN6/c1-21-6-4-5-12(16(21)13-8-19-11-22(13)2)7-18-10-15-20-9-14(17)23(15)3/h8-9,11-12,16,18H,4-7,10H2,1-3H3/t12-,16+/m0/s1. The number of rotatable bonds is 5. The molecule has 2 aromatic rings. The SMILES string of the molecule is CN1CCC[C@@H](CNCc2ncc(Cl)n2C)[C@@H]1c1cncn1C. The summed E-state index contributed by atoms with van der Waals surface area (Å²) in [5.74, 6) is 1.54. The highest BCUT2D eigenvalue weighted by Gasteiger charge is 2.32. The van der Waals surface area contributed by atoms with Gasteiger partial charge in [-0.1, -0.05) is 11.6 Å². The molecule has 1 N–H and O–H groups in total. The van der Waals surface area contributed by atoms with Crippen LogP contribution in [-0.2, 0) is 20.6 Å². The van der Waals surface area contributed by atoms with Crippen LogP contribution in [0.25, 0.3) is 0 Å². The number of nitrogens with zero attached hydrogens (tertiary/aromatic N) is 5. The molecule has 1 aliphatic heterocycles. The largest absolute Gasteiger partial charge is 0.336 e. The molecule has 6 nitrogen and oxygen atoms in total. The Kier molecular flexibility index (Phi) is 5.04. The Hall–Kier alpha value is -1.37. The number of imidazole rings is 2.